The molecule has 0 heterocycles. The highest BCUT2D eigenvalue weighted by molar-refractivity contribution is 5.74. The van der Waals surface area contributed by atoms with E-state index in [1.807, 2.05) is 0 Å². The van der Waals surface area contributed by atoms with Crippen LogP contribution in [-0.2, 0) is 33.4 Å². The van der Waals surface area contributed by atoms with Gasteiger partial charge in [-0.3, -0.25) is 19.2 Å². The Bertz CT molecular complexity index is 461. The lowest BCUT2D eigenvalue weighted by Crippen LogP contribution is -2.25. The molecule has 0 spiro atoms. The number of ether oxygens (including phenoxy) is 3. The molecule has 0 aromatic heterocycles. The van der Waals surface area contributed by atoms with Gasteiger partial charge in [0.15, 0.2) is 0 Å². The molecule has 0 fully saturated rings. The van der Waals surface area contributed by atoms with Gasteiger partial charge in [0.1, 0.15) is 6.61 Å². The SMILES string of the molecule is CCC(=O)OCOC(=O)C(CCCCCCCCC(=O)O)COC(=O)CC. The first-order valence-corrected chi connectivity index (χ1v) is 9.60. The Morgan fingerprint density at radius 3 is 1.93 bits per heavy atom. The van der Waals surface area contributed by atoms with Crippen molar-refractivity contribution in [3.63, 3.8) is 0 Å². The molecule has 1 atom stereocenters. The van der Waals surface area contributed by atoms with E-state index in [9.17, 15) is 19.2 Å². The van der Waals surface area contributed by atoms with Crippen molar-refractivity contribution < 1.29 is 38.5 Å². The number of hydrogen-bond acceptors (Lipinski definition) is 7. The normalized spacial score (nSPS) is 11.5. The Morgan fingerprint density at radius 2 is 1.33 bits per heavy atom. The molecule has 0 aromatic carbocycles. The predicted molar refractivity (Wildman–Crippen MR) is 96.7 cm³/mol. The highest BCUT2D eigenvalue weighted by Gasteiger charge is 2.22. The van der Waals surface area contributed by atoms with Crippen molar-refractivity contribution in [1.82, 2.24) is 0 Å². The lowest BCUT2D eigenvalue weighted by atomic mass is 10.0. The van der Waals surface area contributed by atoms with Gasteiger partial charge in [-0.05, 0) is 12.8 Å². The van der Waals surface area contributed by atoms with Gasteiger partial charge in [-0.15, -0.1) is 0 Å². The van der Waals surface area contributed by atoms with Crippen LogP contribution in [0.15, 0.2) is 0 Å². The minimum absolute atomic E-state index is 0.0498. The number of esters is 3. The zero-order valence-electron chi connectivity index (χ0n) is 16.4. The standard InChI is InChI=1S/C19H32O8/c1-3-17(22)25-13-15(19(24)27-14-26-18(23)4-2)11-9-7-5-6-8-10-12-16(20)21/h15H,3-14H2,1-2H3,(H,20,21). The number of carbonyl (C=O) groups excluding carboxylic acids is 3. The molecule has 0 amide bonds. The van der Waals surface area contributed by atoms with E-state index in [1.54, 1.807) is 13.8 Å². The number of carboxylic acid groups (broad SMARTS) is 1. The van der Waals surface area contributed by atoms with Gasteiger partial charge in [-0.1, -0.05) is 46.0 Å². The van der Waals surface area contributed by atoms with Crippen LogP contribution in [0.1, 0.15) is 78.1 Å². The smallest absolute Gasteiger partial charge is 0.315 e. The molecule has 0 aliphatic rings. The first-order valence-electron chi connectivity index (χ1n) is 9.60. The maximum atomic E-state index is 12.1. The Kier molecular flexibility index (Phi) is 14.8. The van der Waals surface area contributed by atoms with Crippen LogP contribution in [0.3, 0.4) is 0 Å². The van der Waals surface area contributed by atoms with Crippen LogP contribution >= 0.6 is 0 Å². The fourth-order valence-electron chi connectivity index (χ4n) is 2.31. The molecule has 0 rings (SSSR count). The van der Waals surface area contributed by atoms with E-state index in [0.29, 0.717) is 12.8 Å². The summed E-state index contributed by atoms with van der Waals surface area (Å²) in [5.41, 5.74) is 0. The zero-order chi connectivity index (χ0) is 20.5. The first-order chi connectivity index (χ1) is 12.9. The van der Waals surface area contributed by atoms with Crippen molar-refractivity contribution in [2.24, 2.45) is 5.92 Å². The van der Waals surface area contributed by atoms with Crippen LogP contribution in [-0.4, -0.2) is 42.4 Å². The molecule has 1 N–H and O–H groups in total. The van der Waals surface area contributed by atoms with Crippen LogP contribution in [0.2, 0.25) is 0 Å². The van der Waals surface area contributed by atoms with Crippen LogP contribution in [0.25, 0.3) is 0 Å². The van der Waals surface area contributed by atoms with E-state index in [0.717, 1.165) is 32.1 Å². The topological polar surface area (TPSA) is 116 Å². The summed E-state index contributed by atoms with van der Waals surface area (Å²) in [6.45, 7) is 2.82. The summed E-state index contributed by atoms with van der Waals surface area (Å²) < 4.78 is 14.7. The number of carbonyl (C=O) groups is 4. The molecule has 0 bridgehead atoms. The van der Waals surface area contributed by atoms with Crippen molar-refractivity contribution in [3.8, 4) is 0 Å². The van der Waals surface area contributed by atoms with Crippen LogP contribution < -0.4 is 0 Å². The second-order valence-electron chi connectivity index (χ2n) is 6.24. The molecule has 1 unspecified atom stereocenters. The lowest BCUT2D eigenvalue weighted by molar-refractivity contribution is -0.172. The summed E-state index contributed by atoms with van der Waals surface area (Å²) in [6, 6.07) is 0. The van der Waals surface area contributed by atoms with Gasteiger partial charge in [0.2, 0.25) is 6.79 Å². The quantitative estimate of drug-likeness (QED) is 0.243. The average molecular weight is 388 g/mol. The van der Waals surface area contributed by atoms with Gasteiger partial charge in [0.25, 0.3) is 0 Å². The molecule has 27 heavy (non-hydrogen) atoms. The van der Waals surface area contributed by atoms with Gasteiger partial charge in [0, 0.05) is 19.3 Å². The van der Waals surface area contributed by atoms with Crippen molar-refractivity contribution in [2.75, 3.05) is 13.4 Å². The van der Waals surface area contributed by atoms with E-state index < -0.39 is 30.6 Å². The van der Waals surface area contributed by atoms with Crippen molar-refractivity contribution in [2.45, 2.75) is 78.1 Å². The zero-order valence-corrected chi connectivity index (χ0v) is 16.4. The van der Waals surface area contributed by atoms with Crippen molar-refractivity contribution in [1.29, 1.82) is 0 Å². The second kappa shape index (κ2) is 16.1. The molecule has 8 heteroatoms. The molecule has 0 saturated carbocycles. The number of hydrogen-bond donors (Lipinski definition) is 1. The summed E-state index contributed by atoms with van der Waals surface area (Å²) in [7, 11) is 0. The fraction of sp³-hybridized carbons (Fsp3) is 0.789. The maximum absolute atomic E-state index is 12.1. The van der Waals surface area contributed by atoms with E-state index in [1.165, 1.54) is 0 Å². The minimum atomic E-state index is -0.775. The van der Waals surface area contributed by atoms with Crippen LogP contribution in [0.4, 0.5) is 0 Å². The summed E-state index contributed by atoms with van der Waals surface area (Å²) in [5, 5.41) is 8.57. The maximum Gasteiger partial charge on any atom is 0.315 e. The van der Waals surface area contributed by atoms with Crippen LogP contribution in [0, 0.1) is 5.92 Å². The molecular weight excluding hydrogens is 356 g/mol. The largest absolute Gasteiger partial charge is 0.481 e. The monoisotopic (exact) mass is 388 g/mol. The molecule has 0 saturated heterocycles. The van der Waals surface area contributed by atoms with Crippen LogP contribution in [0.5, 0.6) is 0 Å². The van der Waals surface area contributed by atoms with E-state index >= 15 is 0 Å². The number of rotatable bonds is 16. The lowest BCUT2D eigenvalue weighted by Gasteiger charge is -2.16. The average Bonchev–Trinajstić information content (AvgIpc) is 2.65. The highest BCUT2D eigenvalue weighted by Crippen LogP contribution is 2.15. The third-order valence-electron chi connectivity index (χ3n) is 3.97. The summed E-state index contributed by atoms with van der Waals surface area (Å²) in [4.78, 5) is 44.9. The second-order valence-corrected chi connectivity index (χ2v) is 6.24. The Morgan fingerprint density at radius 1 is 0.778 bits per heavy atom. The fourth-order valence-corrected chi connectivity index (χ4v) is 2.31. The molecule has 0 radical (unpaired) electrons. The molecule has 0 aromatic rings. The molecule has 8 nitrogen and oxygen atoms in total. The number of carboxylic acids is 1. The van der Waals surface area contributed by atoms with Gasteiger partial charge in [0.05, 0.1) is 5.92 Å². The van der Waals surface area contributed by atoms with Gasteiger partial charge >= 0.3 is 23.9 Å². The third kappa shape index (κ3) is 14.7. The predicted octanol–water partition coefficient (Wildman–Crippen LogP) is 3.22. The van der Waals surface area contributed by atoms with Crippen molar-refractivity contribution >= 4 is 23.9 Å². The van der Waals surface area contributed by atoms with E-state index in [4.69, 9.17) is 19.3 Å². The Labute approximate surface area is 160 Å². The Balaban J connectivity index is 4.14. The molecule has 0 aliphatic heterocycles. The molecular formula is C19H32O8. The first kappa shape index (κ1) is 24.9. The molecule has 0 aliphatic carbocycles. The minimum Gasteiger partial charge on any atom is -0.481 e. The van der Waals surface area contributed by atoms with Gasteiger partial charge < -0.3 is 19.3 Å². The highest BCUT2D eigenvalue weighted by atomic mass is 16.7. The van der Waals surface area contributed by atoms with E-state index in [2.05, 4.69) is 0 Å². The third-order valence-corrected chi connectivity index (χ3v) is 3.97. The number of aliphatic carboxylic acids is 1. The summed E-state index contributed by atoms with van der Waals surface area (Å²) >= 11 is 0. The Hall–Kier alpha value is -2.12. The molecule has 156 valence electrons. The van der Waals surface area contributed by atoms with E-state index in [-0.39, 0.29) is 31.8 Å². The summed E-state index contributed by atoms with van der Waals surface area (Å²) in [5.74, 6) is -2.76. The number of unbranched alkanes of at least 4 members (excludes halogenated alkanes) is 5. The van der Waals surface area contributed by atoms with Crippen molar-refractivity contribution in [3.05, 3.63) is 0 Å². The van der Waals surface area contributed by atoms with Gasteiger partial charge in [-0.25, -0.2) is 0 Å². The summed E-state index contributed by atoms with van der Waals surface area (Å²) in [6.07, 6.45) is 6.22. The van der Waals surface area contributed by atoms with Gasteiger partial charge in [-0.2, -0.15) is 0 Å².